The molecule has 0 bridgehead atoms. The molecule has 3 nitrogen and oxygen atoms in total. The van der Waals surface area contributed by atoms with Gasteiger partial charge in [-0.2, -0.15) is 5.10 Å². The zero-order valence-electron chi connectivity index (χ0n) is 12.7. The Morgan fingerprint density at radius 1 is 1.04 bits per heavy atom. The largest absolute Gasteiger partial charge is 0.309 e. The summed E-state index contributed by atoms with van der Waals surface area (Å²) in [7, 11) is 0. The Morgan fingerprint density at radius 3 is 2.61 bits per heavy atom. The van der Waals surface area contributed by atoms with E-state index in [2.05, 4.69) is 39.8 Å². The minimum absolute atomic E-state index is 0.222. The van der Waals surface area contributed by atoms with Crippen LogP contribution in [0.3, 0.4) is 0 Å². The van der Waals surface area contributed by atoms with Gasteiger partial charge in [-0.1, -0.05) is 30.3 Å². The maximum absolute atomic E-state index is 13.2. The van der Waals surface area contributed by atoms with E-state index in [9.17, 15) is 4.39 Å². The van der Waals surface area contributed by atoms with Gasteiger partial charge in [-0.05, 0) is 36.2 Å². The average molecular weight is 307 g/mol. The monoisotopic (exact) mass is 307 g/mol. The van der Waals surface area contributed by atoms with Crippen molar-refractivity contribution in [1.82, 2.24) is 15.5 Å². The molecule has 1 aliphatic rings. The molecule has 1 unspecified atom stereocenters. The first-order valence-corrected chi connectivity index (χ1v) is 7.91. The molecule has 0 spiro atoms. The lowest BCUT2D eigenvalue weighted by atomic mass is 9.91. The molecule has 1 aromatic heterocycles. The molecule has 0 aliphatic carbocycles. The van der Waals surface area contributed by atoms with E-state index in [-0.39, 0.29) is 11.9 Å². The molecule has 2 heterocycles. The van der Waals surface area contributed by atoms with Crippen molar-refractivity contribution in [1.29, 1.82) is 0 Å². The first-order chi connectivity index (χ1) is 11.3. The molecule has 0 fully saturated rings. The first-order valence-electron chi connectivity index (χ1n) is 7.91. The van der Waals surface area contributed by atoms with Crippen LogP contribution in [0.15, 0.2) is 54.6 Å². The predicted molar refractivity (Wildman–Crippen MR) is 88.6 cm³/mol. The zero-order valence-corrected chi connectivity index (χ0v) is 12.7. The second kappa shape index (κ2) is 5.97. The van der Waals surface area contributed by atoms with Gasteiger partial charge >= 0.3 is 0 Å². The van der Waals surface area contributed by atoms with Crippen molar-refractivity contribution in [3.8, 4) is 11.3 Å². The minimum Gasteiger partial charge on any atom is -0.309 e. The van der Waals surface area contributed by atoms with Gasteiger partial charge in [0.2, 0.25) is 0 Å². The number of nitrogens with zero attached hydrogens (tertiary/aromatic N) is 1. The van der Waals surface area contributed by atoms with Crippen LogP contribution in [-0.4, -0.2) is 16.7 Å². The molecule has 0 amide bonds. The normalized spacial score (nSPS) is 17.0. The zero-order chi connectivity index (χ0) is 15.6. The fourth-order valence-corrected chi connectivity index (χ4v) is 3.28. The number of halogens is 1. The SMILES string of the molecule is Fc1ccc(-c2n[nH]c3c2C(Cc2ccccc2)NCC3)cc1. The third-order valence-electron chi connectivity index (χ3n) is 4.40. The lowest BCUT2D eigenvalue weighted by Crippen LogP contribution is -2.31. The standard InChI is InChI=1S/C19H18FN3/c20-15-8-6-14(7-9-15)19-18-16(22-23-19)10-11-21-17(18)12-13-4-2-1-3-5-13/h1-9,17,21H,10-12H2,(H,22,23). The Labute approximate surface area is 134 Å². The predicted octanol–water partition coefficient (Wildman–Crippen LogP) is 3.65. The van der Waals surface area contributed by atoms with Crippen LogP contribution in [0.5, 0.6) is 0 Å². The Morgan fingerprint density at radius 2 is 1.83 bits per heavy atom. The summed E-state index contributed by atoms with van der Waals surface area (Å²) in [6.45, 7) is 0.940. The highest BCUT2D eigenvalue weighted by atomic mass is 19.1. The van der Waals surface area contributed by atoms with E-state index in [1.165, 1.54) is 29.0 Å². The molecular weight excluding hydrogens is 289 g/mol. The molecule has 1 atom stereocenters. The fourth-order valence-electron chi connectivity index (χ4n) is 3.28. The average Bonchev–Trinajstić information content (AvgIpc) is 3.02. The van der Waals surface area contributed by atoms with Crippen LogP contribution in [0.4, 0.5) is 4.39 Å². The van der Waals surface area contributed by atoms with Crippen molar-refractivity contribution in [3.63, 3.8) is 0 Å². The van der Waals surface area contributed by atoms with Gasteiger partial charge < -0.3 is 5.32 Å². The van der Waals surface area contributed by atoms with Gasteiger partial charge in [-0.3, -0.25) is 5.10 Å². The lowest BCUT2D eigenvalue weighted by molar-refractivity contribution is 0.501. The minimum atomic E-state index is -0.225. The molecule has 23 heavy (non-hydrogen) atoms. The third-order valence-corrected chi connectivity index (χ3v) is 4.40. The van der Waals surface area contributed by atoms with Crippen molar-refractivity contribution in [2.24, 2.45) is 0 Å². The molecule has 4 rings (SSSR count). The van der Waals surface area contributed by atoms with Crippen molar-refractivity contribution in [2.45, 2.75) is 18.9 Å². The Hall–Kier alpha value is -2.46. The Kier molecular flexibility index (Phi) is 3.67. The smallest absolute Gasteiger partial charge is 0.123 e. The van der Waals surface area contributed by atoms with Crippen molar-refractivity contribution in [3.05, 3.63) is 77.2 Å². The number of hydrogen-bond donors (Lipinski definition) is 2. The number of nitrogens with one attached hydrogen (secondary N) is 2. The lowest BCUT2D eigenvalue weighted by Gasteiger charge is -2.25. The van der Waals surface area contributed by atoms with E-state index in [1.807, 2.05) is 6.07 Å². The number of aromatic nitrogens is 2. The van der Waals surface area contributed by atoms with Gasteiger partial charge in [-0.15, -0.1) is 0 Å². The quantitative estimate of drug-likeness (QED) is 0.775. The summed E-state index contributed by atoms with van der Waals surface area (Å²) in [6, 6.07) is 17.2. The van der Waals surface area contributed by atoms with Crippen LogP contribution in [0.1, 0.15) is 22.9 Å². The van der Waals surface area contributed by atoms with Crippen LogP contribution in [0.2, 0.25) is 0 Å². The third kappa shape index (κ3) is 2.78. The summed E-state index contributed by atoms with van der Waals surface area (Å²) in [5.41, 5.74) is 5.57. The topological polar surface area (TPSA) is 40.7 Å². The Bertz CT molecular complexity index is 793. The molecule has 0 saturated carbocycles. The van der Waals surface area contributed by atoms with Gasteiger partial charge in [-0.25, -0.2) is 4.39 Å². The van der Waals surface area contributed by atoms with E-state index in [0.717, 1.165) is 30.6 Å². The summed E-state index contributed by atoms with van der Waals surface area (Å²) in [6.07, 6.45) is 1.86. The van der Waals surface area contributed by atoms with Crippen LogP contribution >= 0.6 is 0 Å². The molecule has 116 valence electrons. The molecular formula is C19H18FN3. The Balaban J connectivity index is 1.72. The molecule has 0 saturated heterocycles. The number of hydrogen-bond acceptors (Lipinski definition) is 2. The van der Waals surface area contributed by atoms with E-state index in [0.29, 0.717) is 0 Å². The summed E-state index contributed by atoms with van der Waals surface area (Å²) in [5.74, 6) is -0.225. The van der Waals surface area contributed by atoms with Gasteiger partial charge in [0.25, 0.3) is 0 Å². The second-order valence-corrected chi connectivity index (χ2v) is 5.92. The number of rotatable bonds is 3. The summed E-state index contributed by atoms with van der Waals surface area (Å²) < 4.78 is 13.2. The van der Waals surface area contributed by atoms with Gasteiger partial charge in [0.15, 0.2) is 0 Å². The molecule has 0 radical (unpaired) electrons. The van der Waals surface area contributed by atoms with Crippen molar-refractivity contribution in [2.75, 3.05) is 6.54 Å². The van der Waals surface area contributed by atoms with Gasteiger partial charge in [0.05, 0.1) is 5.69 Å². The van der Waals surface area contributed by atoms with Gasteiger partial charge in [0, 0.05) is 35.8 Å². The highest BCUT2D eigenvalue weighted by Gasteiger charge is 2.26. The van der Waals surface area contributed by atoms with Crippen LogP contribution in [0.25, 0.3) is 11.3 Å². The number of fused-ring (bicyclic) bond motifs is 1. The van der Waals surface area contributed by atoms with E-state index in [1.54, 1.807) is 12.1 Å². The van der Waals surface area contributed by atoms with Gasteiger partial charge in [0.1, 0.15) is 5.82 Å². The summed E-state index contributed by atoms with van der Waals surface area (Å²) in [5, 5.41) is 11.3. The van der Waals surface area contributed by atoms with E-state index >= 15 is 0 Å². The number of H-pyrrole nitrogens is 1. The second-order valence-electron chi connectivity index (χ2n) is 5.92. The molecule has 1 aliphatic heterocycles. The highest BCUT2D eigenvalue weighted by molar-refractivity contribution is 5.65. The number of aromatic amines is 1. The van der Waals surface area contributed by atoms with Crippen LogP contribution < -0.4 is 5.32 Å². The highest BCUT2D eigenvalue weighted by Crippen LogP contribution is 2.33. The summed E-state index contributed by atoms with van der Waals surface area (Å²) >= 11 is 0. The maximum Gasteiger partial charge on any atom is 0.123 e. The molecule has 2 aromatic carbocycles. The first kappa shape index (κ1) is 14.2. The van der Waals surface area contributed by atoms with E-state index in [4.69, 9.17) is 0 Å². The molecule has 4 heteroatoms. The van der Waals surface area contributed by atoms with Crippen LogP contribution in [0, 0.1) is 5.82 Å². The van der Waals surface area contributed by atoms with Crippen LogP contribution in [-0.2, 0) is 12.8 Å². The molecule has 2 N–H and O–H groups in total. The number of benzene rings is 2. The summed E-state index contributed by atoms with van der Waals surface area (Å²) in [4.78, 5) is 0. The fraction of sp³-hybridized carbons (Fsp3) is 0.211. The maximum atomic E-state index is 13.2. The van der Waals surface area contributed by atoms with E-state index < -0.39 is 0 Å². The molecule has 3 aromatic rings. The van der Waals surface area contributed by atoms with Crippen molar-refractivity contribution < 1.29 is 4.39 Å². The van der Waals surface area contributed by atoms with Crippen molar-refractivity contribution >= 4 is 0 Å².